The van der Waals surface area contributed by atoms with Crippen molar-refractivity contribution in [1.82, 2.24) is 0 Å². The van der Waals surface area contributed by atoms with E-state index >= 15 is 0 Å². The van der Waals surface area contributed by atoms with Crippen molar-refractivity contribution in [1.29, 1.82) is 0 Å². The van der Waals surface area contributed by atoms with Gasteiger partial charge in [-0.2, -0.15) is 0 Å². The SMILES string of the molecule is CCCCCCCCCC[CH]SC(CC)[Si](OCC)(OCC)OCC. The van der Waals surface area contributed by atoms with Gasteiger partial charge in [0, 0.05) is 25.6 Å². The first-order valence-corrected chi connectivity index (χ1v) is 13.3. The van der Waals surface area contributed by atoms with Gasteiger partial charge in [0.25, 0.3) is 0 Å². The predicted molar refractivity (Wildman–Crippen MR) is 114 cm³/mol. The van der Waals surface area contributed by atoms with Crippen LogP contribution in [0, 0.1) is 5.75 Å². The van der Waals surface area contributed by atoms with Gasteiger partial charge in [-0.3, -0.25) is 0 Å². The van der Waals surface area contributed by atoms with Gasteiger partial charge >= 0.3 is 8.80 Å². The van der Waals surface area contributed by atoms with Crippen molar-refractivity contribution in [2.45, 2.75) is 104 Å². The summed E-state index contributed by atoms with van der Waals surface area (Å²) >= 11 is 1.88. The Balaban J connectivity index is 4.07. The average Bonchev–Trinajstić information content (AvgIpc) is 2.60. The molecule has 1 radical (unpaired) electrons. The van der Waals surface area contributed by atoms with Crippen LogP contribution in [0.1, 0.15) is 98.8 Å². The third-order valence-electron chi connectivity index (χ3n) is 4.24. The molecule has 0 aromatic carbocycles. The second-order valence-corrected chi connectivity index (χ2v) is 10.7. The van der Waals surface area contributed by atoms with Gasteiger partial charge in [-0.1, -0.05) is 65.2 Å². The lowest BCUT2D eigenvalue weighted by atomic mass is 10.1. The van der Waals surface area contributed by atoms with Crippen molar-refractivity contribution in [3.63, 3.8) is 0 Å². The van der Waals surface area contributed by atoms with Gasteiger partial charge in [0.05, 0.1) is 4.87 Å². The molecule has 0 saturated carbocycles. The summed E-state index contributed by atoms with van der Waals surface area (Å²) in [4.78, 5) is 0.307. The summed E-state index contributed by atoms with van der Waals surface area (Å²) in [6.45, 7) is 12.5. The van der Waals surface area contributed by atoms with Crippen molar-refractivity contribution >= 4 is 20.6 Å². The molecule has 0 heterocycles. The zero-order chi connectivity index (χ0) is 18.8. The molecular formula is C20H43O3SSi. The second kappa shape index (κ2) is 17.8. The van der Waals surface area contributed by atoms with E-state index in [1.54, 1.807) is 0 Å². The molecule has 0 N–H and O–H groups in total. The summed E-state index contributed by atoms with van der Waals surface area (Å²) in [6, 6.07) is 0. The van der Waals surface area contributed by atoms with E-state index in [0.717, 1.165) is 6.42 Å². The standard InChI is InChI=1S/C20H43O3SSi/c1-6-11-12-13-14-15-16-17-18-19-24-20(7-2)25(21-8-3,22-9-4)23-10-5/h19-20H,6-18H2,1-5H3. The zero-order valence-corrected chi connectivity index (χ0v) is 19.3. The summed E-state index contributed by atoms with van der Waals surface area (Å²) in [5, 5.41) is 0. The van der Waals surface area contributed by atoms with Gasteiger partial charge in [0.2, 0.25) is 0 Å². The monoisotopic (exact) mass is 391 g/mol. The molecule has 0 amide bonds. The molecule has 0 aromatic heterocycles. The molecule has 5 heteroatoms. The number of unbranched alkanes of at least 4 members (excludes halogenated alkanes) is 8. The normalized spacial score (nSPS) is 13.3. The second-order valence-electron chi connectivity index (χ2n) is 6.37. The van der Waals surface area contributed by atoms with E-state index in [9.17, 15) is 0 Å². The van der Waals surface area contributed by atoms with E-state index < -0.39 is 8.80 Å². The molecule has 25 heavy (non-hydrogen) atoms. The summed E-state index contributed by atoms with van der Waals surface area (Å²) < 4.78 is 18.2. The Bertz CT molecular complexity index is 263. The molecule has 0 aliphatic heterocycles. The van der Waals surface area contributed by atoms with E-state index in [4.69, 9.17) is 13.3 Å². The third kappa shape index (κ3) is 11.7. The fourth-order valence-corrected chi connectivity index (χ4v) is 7.79. The van der Waals surface area contributed by atoms with Gasteiger partial charge in [0.15, 0.2) is 0 Å². The topological polar surface area (TPSA) is 27.7 Å². The molecule has 3 nitrogen and oxygen atoms in total. The van der Waals surface area contributed by atoms with Crippen LogP contribution in [-0.2, 0) is 13.3 Å². The Kier molecular flexibility index (Phi) is 18.2. The third-order valence-corrected chi connectivity index (χ3v) is 9.87. The van der Waals surface area contributed by atoms with Crippen molar-refractivity contribution in [2.24, 2.45) is 0 Å². The van der Waals surface area contributed by atoms with E-state index in [1.165, 1.54) is 57.8 Å². The number of hydrogen-bond donors (Lipinski definition) is 0. The molecule has 1 unspecified atom stereocenters. The van der Waals surface area contributed by atoms with Crippen LogP contribution in [-0.4, -0.2) is 33.5 Å². The highest BCUT2D eigenvalue weighted by atomic mass is 32.2. The minimum atomic E-state index is -2.59. The van der Waals surface area contributed by atoms with Gasteiger partial charge < -0.3 is 13.3 Å². The molecule has 0 saturated heterocycles. The van der Waals surface area contributed by atoms with Gasteiger partial charge in [-0.25, -0.2) is 0 Å². The first-order valence-electron chi connectivity index (χ1n) is 10.6. The molecule has 0 aromatic rings. The highest BCUT2D eigenvalue weighted by Gasteiger charge is 2.48. The van der Waals surface area contributed by atoms with Crippen LogP contribution in [0.25, 0.3) is 0 Å². The molecule has 151 valence electrons. The Labute approximate surface area is 163 Å². The lowest BCUT2D eigenvalue weighted by Crippen LogP contribution is -2.55. The fraction of sp³-hybridized carbons (Fsp3) is 0.950. The van der Waals surface area contributed by atoms with Crippen LogP contribution in [0.4, 0.5) is 0 Å². The van der Waals surface area contributed by atoms with E-state index in [0.29, 0.717) is 24.7 Å². The van der Waals surface area contributed by atoms with Gasteiger partial charge in [-0.15, -0.1) is 11.8 Å². The predicted octanol–water partition coefficient (Wildman–Crippen LogP) is 6.78. The molecule has 0 spiro atoms. The van der Waals surface area contributed by atoms with Crippen LogP contribution < -0.4 is 0 Å². The molecule has 0 aliphatic rings. The minimum absolute atomic E-state index is 0.307. The van der Waals surface area contributed by atoms with E-state index in [2.05, 4.69) is 19.6 Å². The highest BCUT2D eigenvalue weighted by Crippen LogP contribution is 2.31. The van der Waals surface area contributed by atoms with Gasteiger partial charge in [-0.05, 0) is 33.6 Å². The lowest BCUT2D eigenvalue weighted by molar-refractivity contribution is 0.0692. The Hall–Kier alpha value is 0.447. The van der Waals surface area contributed by atoms with E-state index in [-0.39, 0.29) is 0 Å². The zero-order valence-electron chi connectivity index (χ0n) is 17.5. The lowest BCUT2D eigenvalue weighted by Gasteiger charge is -2.34. The Morgan fingerprint density at radius 1 is 0.720 bits per heavy atom. The summed E-state index contributed by atoms with van der Waals surface area (Å²) in [6.07, 6.45) is 13.2. The first-order chi connectivity index (χ1) is 12.2. The maximum absolute atomic E-state index is 6.06. The minimum Gasteiger partial charge on any atom is -0.373 e. The fourth-order valence-electron chi connectivity index (χ4n) is 2.98. The smallest absolute Gasteiger partial charge is 0.373 e. The largest absolute Gasteiger partial charge is 0.514 e. The molecule has 0 fully saturated rings. The highest BCUT2D eigenvalue weighted by molar-refractivity contribution is 8.03. The average molecular weight is 392 g/mol. The molecule has 1 atom stereocenters. The summed E-state index contributed by atoms with van der Waals surface area (Å²) in [7, 11) is -2.59. The van der Waals surface area contributed by atoms with Crippen LogP contribution in [0.5, 0.6) is 0 Å². The van der Waals surface area contributed by atoms with Crippen LogP contribution in [0.2, 0.25) is 0 Å². The number of hydrogen-bond acceptors (Lipinski definition) is 4. The van der Waals surface area contributed by atoms with Crippen LogP contribution in [0.15, 0.2) is 0 Å². The van der Waals surface area contributed by atoms with Crippen LogP contribution >= 0.6 is 11.8 Å². The number of thioether (sulfide) groups is 1. The number of rotatable bonds is 19. The maximum Gasteiger partial charge on any atom is 0.514 e. The van der Waals surface area contributed by atoms with Crippen molar-refractivity contribution in [2.75, 3.05) is 19.8 Å². The Morgan fingerprint density at radius 2 is 1.20 bits per heavy atom. The molecular weight excluding hydrogens is 348 g/mol. The van der Waals surface area contributed by atoms with Crippen molar-refractivity contribution < 1.29 is 13.3 Å². The first kappa shape index (κ1) is 25.4. The summed E-state index contributed by atoms with van der Waals surface area (Å²) in [5.41, 5.74) is 0. The van der Waals surface area contributed by atoms with Crippen molar-refractivity contribution in [3.05, 3.63) is 5.75 Å². The molecule has 0 rings (SSSR count). The quantitative estimate of drug-likeness (QED) is 0.179. The maximum atomic E-state index is 6.06. The van der Waals surface area contributed by atoms with Crippen molar-refractivity contribution in [3.8, 4) is 0 Å². The van der Waals surface area contributed by atoms with Gasteiger partial charge in [0.1, 0.15) is 0 Å². The summed E-state index contributed by atoms with van der Waals surface area (Å²) in [5.74, 6) is 2.37. The van der Waals surface area contributed by atoms with E-state index in [1.807, 2.05) is 32.5 Å². The molecule has 0 aliphatic carbocycles. The molecule has 0 bridgehead atoms. The Morgan fingerprint density at radius 3 is 1.64 bits per heavy atom. The van der Waals surface area contributed by atoms with Crippen LogP contribution in [0.3, 0.4) is 0 Å².